The lowest BCUT2D eigenvalue weighted by Crippen LogP contribution is -1.99. The topological polar surface area (TPSA) is 36.9 Å². The van der Waals surface area contributed by atoms with Gasteiger partial charge in [0.05, 0.1) is 28.4 Å². The molecule has 84 valence electrons. The summed E-state index contributed by atoms with van der Waals surface area (Å²) in [5.41, 5.74) is 0.887. The second kappa shape index (κ2) is 4.77. The van der Waals surface area contributed by atoms with Crippen molar-refractivity contribution < 1.29 is 18.9 Å². The molecule has 0 saturated carbocycles. The van der Waals surface area contributed by atoms with Gasteiger partial charge < -0.3 is 18.9 Å². The van der Waals surface area contributed by atoms with Crippen molar-refractivity contribution in [2.45, 2.75) is 6.92 Å². The molecule has 0 aromatic heterocycles. The summed E-state index contributed by atoms with van der Waals surface area (Å²) >= 11 is 0. The summed E-state index contributed by atoms with van der Waals surface area (Å²) in [7, 11) is 6.34. The van der Waals surface area contributed by atoms with Gasteiger partial charge >= 0.3 is 0 Å². The molecule has 0 aliphatic carbocycles. The van der Waals surface area contributed by atoms with Crippen molar-refractivity contribution >= 4 is 0 Å². The molecular formula is C11H16O4. The molecule has 4 nitrogen and oxygen atoms in total. The Labute approximate surface area is 89.7 Å². The van der Waals surface area contributed by atoms with E-state index in [1.807, 2.05) is 6.92 Å². The monoisotopic (exact) mass is 212 g/mol. The van der Waals surface area contributed by atoms with E-state index < -0.39 is 0 Å². The third-order valence-electron chi connectivity index (χ3n) is 2.25. The van der Waals surface area contributed by atoms with Crippen molar-refractivity contribution in [1.82, 2.24) is 0 Å². The first-order chi connectivity index (χ1) is 7.19. The van der Waals surface area contributed by atoms with Crippen LogP contribution in [-0.2, 0) is 0 Å². The molecule has 1 aromatic rings. The first kappa shape index (κ1) is 11.5. The van der Waals surface area contributed by atoms with E-state index in [-0.39, 0.29) is 0 Å². The molecular weight excluding hydrogens is 196 g/mol. The van der Waals surface area contributed by atoms with Crippen LogP contribution in [0, 0.1) is 6.92 Å². The molecule has 1 rings (SSSR count). The molecule has 0 amide bonds. The van der Waals surface area contributed by atoms with Crippen LogP contribution in [-0.4, -0.2) is 28.4 Å². The van der Waals surface area contributed by atoms with E-state index in [1.54, 1.807) is 34.5 Å². The second-order valence-corrected chi connectivity index (χ2v) is 2.97. The number of hydrogen-bond donors (Lipinski definition) is 0. The summed E-state index contributed by atoms with van der Waals surface area (Å²) in [5, 5.41) is 0. The molecule has 4 heteroatoms. The Morgan fingerprint density at radius 3 is 1.67 bits per heavy atom. The largest absolute Gasteiger partial charge is 0.496 e. The molecule has 0 spiro atoms. The van der Waals surface area contributed by atoms with Gasteiger partial charge in [0.25, 0.3) is 0 Å². The SMILES string of the molecule is COc1cc(OC)c(OC)c(OC)c1C. The van der Waals surface area contributed by atoms with Crippen LogP contribution in [0.25, 0.3) is 0 Å². The molecule has 1 aromatic carbocycles. The van der Waals surface area contributed by atoms with Gasteiger partial charge in [-0.3, -0.25) is 0 Å². The van der Waals surface area contributed by atoms with E-state index in [9.17, 15) is 0 Å². The Kier molecular flexibility index (Phi) is 3.66. The Hall–Kier alpha value is -1.58. The molecule has 15 heavy (non-hydrogen) atoms. The smallest absolute Gasteiger partial charge is 0.203 e. The lowest BCUT2D eigenvalue weighted by Gasteiger charge is -2.16. The second-order valence-electron chi connectivity index (χ2n) is 2.97. The van der Waals surface area contributed by atoms with Crippen LogP contribution < -0.4 is 18.9 Å². The minimum Gasteiger partial charge on any atom is -0.496 e. The third kappa shape index (κ3) is 1.93. The predicted molar refractivity (Wildman–Crippen MR) is 57.4 cm³/mol. The number of rotatable bonds is 4. The fourth-order valence-electron chi connectivity index (χ4n) is 1.49. The van der Waals surface area contributed by atoms with Gasteiger partial charge in [-0.25, -0.2) is 0 Å². The summed E-state index contributed by atoms with van der Waals surface area (Å²) in [5.74, 6) is 2.52. The van der Waals surface area contributed by atoms with Gasteiger partial charge in [0, 0.05) is 11.6 Å². The molecule has 0 aliphatic heterocycles. The number of hydrogen-bond acceptors (Lipinski definition) is 4. The van der Waals surface area contributed by atoms with Crippen molar-refractivity contribution in [2.24, 2.45) is 0 Å². The molecule has 0 atom stereocenters. The highest BCUT2D eigenvalue weighted by Gasteiger charge is 2.17. The zero-order chi connectivity index (χ0) is 11.4. The maximum absolute atomic E-state index is 5.27. The highest BCUT2D eigenvalue weighted by atomic mass is 16.5. The van der Waals surface area contributed by atoms with Crippen LogP contribution in [0.4, 0.5) is 0 Å². The summed E-state index contributed by atoms with van der Waals surface area (Å²) in [6.07, 6.45) is 0. The van der Waals surface area contributed by atoms with Gasteiger partial charge in [-0.15, -0.1) is 0 Å². The van der Waals surface area contributed by atoms with E-state index in [0.29, 0.717) is 23.0 Å². The molecule has 0 N–H and O–H groups in total. The molecule has 0 fully saturated rings. The highest BCUT2D eigenvalue weighted by Crippen LogP contribution is 2.44. The number of benzene rings is 1. The molecule has 0 saturated heterocycles. The molecule has 0 aliphatic rings. The Morgan fingerprint density at radius 1 is 0.733 bits per heavy atom. The minimum atomic E-state index is 0.582. The minimum absolute atomic E-state index is 0.582. The first-order valence-corrected chi connectivity index (χ1v) is 4.53. The van der Waals surface area contributed by atoms with Crippen molar-refractivity contribution in [3.63, 3.8) is 0 Å². The Bertz CT molecular complexity index is 347. The summed E-state index contributed by atoms with van der Waals surface area (Å²) in [6, 6.07) is 1.77. The average Bonchev–Trinajstić information content (AvgIpc) is 2.28. The summed E-state index contributed by atoms with van der Waals surface area (Å²) < 4.78 is 20.9. The van der Waals surface area contributed by atoms with Crippen molar-refractivity contribution in [3.05, 3.63) is 11.6 Å². The molecule has 0 radical (unpaired) electrons. The average molecular weight is 212 g/mol. The maximum Gasteiger partial charge on any atom is 0.203 e. The van der Waals surface area contributed by atoms with Crippen LogP contribution in [0.15, 0.2) is 6.07 Å². The summed E-state index contributed by atoms with van der Waals surface area (Å²) in [4.78, 5) is 0. The van der Waals surface area contributed by atoms with Gasteiger partial charge in [0.2, 0.25) is 5.75 Å². The van der Waals surface area contributed by atoms with Crippen molar-refractivity contribution in [1.29, 1.82) is 0 Å². The Balaban J connectivity index is 3.43. The zero-order valence-corrected chi connectivity index (χ0v) is 9.71. The summed E-state index contributed by atoms with van der Waals surface area (Å²) in [6.45, 7) is 1.90. The molecule has 0 bridgehead atoms. The number of ether oxygens (including phenoxy) is 4. The highest BCUT2D eigenvalue weighted by molar-refractivity contribution is 5.61. The molecule has 0 unspecified atom stereocenters. The zero-order valence-electron chi connectivity index (χ0n) is 9.71. The van der Waals surface area contributed by atoms with Crippen molar-refractivity contribution in [2.75, 3.05) is 28.4 Å². The lowest BCUT2D eigenvalue weighted by atomic mass is 10.1. The van der Waals surface area contributed by atoms with Crippen molar-refractivity contribution in [3.8, 4) is 23.0 Å². The van der Waals surface area contributed by atoms with E-state index >= 15 is 0 Å². The van der Waals surface area contributed by atoms with Gasteiger partial charge in [0.1, 0.15) is 5.75 Å². The van der Waals surface area contributed by atoms with Gasteiger partial charge in [-0.2, -0.15) is 0 Å². The molecule has 0 heterocycles. The first-order valence-electron chi connectivity index (χ1n) is 4.53. The standard InChI is InChI=1S/C11H16O4/c1-7-8(12-2)6-9(13-3)11(15-5)10(7)14-4/h6H,1-5H3. The van der Waals surface area contributed by atoms with Crippen LogP contribution in [0.2, 0.25) is 0 Å². The van der Waals surface area contributed by atoms with E-state index in [1.165, 1.54) is 0 Å². The van der Waals surface area contributed by atoms with Gasteiger partial charge in [0.15, 0.2) is 11.5 Å². The third-order valence-corrected chi connectivity index (χ3v) is 2.25. The van der Waals surface area contributed by atoms with E-state index in [4.69, 9.17) is 18.9 Å². The maximum atomic E-state index is 5.27. The normalized spacial score (nSPS) is 9.67. The lowest BCUT2D eigenvalue weighted by molar-refractivity contribution is 0.316. The van der Waals surface area contributed by atoms with Crippen LogP contribution >= 0.6 is 0 Å². The quantitative estimate of drug-likeness (QED) is 0.765. The Morgan fingerprint density at radius 2 is 1.27 bits per heavy atom. The van der Waals surface area contributed by atoms with Gasteiger partial charge in [-0.1, -0.05) is 0 Å². The van der Waals surface area contributed by atoms with E-state index in [2.05, 4.69) is 0 Å². The number of methoxy groups -OCH3 is 4. The van der Waals surface area contributed by atoms with E-state index in [0.717, 1.165) is 5.56 Å². The van der Waals surface area contributed by atoms with Crippen LogP contribution in [0.1, 0.15) is 5.56 Å². The fraction of sp³-hybridized carbons (Fsp3) is 0.455. The van der Waals surface area contributed by atoms with Crippen LogP contribution in [0.3, 0.4) is 0 Å². The predicted octanol–water partition coefficient (Wildman–Crippen LogP) is 2.03. The van der Waals surface area contributed by atoms with Gasteiger partial charge in [-0.05, 0) is 6.92 Å². The fourth-order valence-corrected chi connectivity index (χ4v) is 1.49. The van der Waals surface area contributed by atoms with Crippen LogP contribution in [0.5, 0.6) is 23.0 Å².